The van der Waals surface area contributed by atoms with E-state index in [-0.39, 0.29) is 5.84 Å². The maximum atomic E-state index is 6.95. The zero-order valence-electron chi connectivity index (χ0n) is 5.82. The summed E-state index contributed by atoms with van der Waals surface area (Å²) in [4.78, 5) is 7.90. The molecule has 4 nitrogen and oxygen atoms in total. The van der Waals surface area contributed by atoms with Crippen LogP contribution in [0, 0.1) is 5.41 Å². The number of nitrogens with one attached hydrogen (secondary N) is 1. The van der Waals surface area contributed by atoms with Crippen LogP contribution in [0.25, 0.3) is 0 Å². The lowest BCUT2D eigenvalue weighted by molar-refractivity contribution is 0.969. The van der Waals surface area contributed by atoms with Gasteiger partial charge in [-0.05, 0) is 6.07 Å². The van der Waals surface area contributed by atoms with Crippen LogP contribution in [0.1, 0.15) is 0 Å². The molecule has 0 unspecified atom stereocenters. The Kier molecular flexibility index (Phi) is 2.85. The normalized spacial score (nSPS) is 9.45. The fourth-order valence-corrected chi connectivity index (χ4v) is 1.06. The van der Waals surface area contributed by atoms with Gasteiger partial charge in [0.25, 0.3) is 0 Å². The van der Waals surface area contributed by atoms with E-state index < -0.39 is 0 Å². The summed E-state index contributed by atoms with van der Waals surface area (Å²) < 4.78 is 0. The molecule has 0 saturated heterocycles. The molecule has 3 N–H and O–H groups in total. The molecule has 0 aromatic carbocycles. The van der Waals surface area contributed by atoms with E-state index in [1.165, 1.54) is 11.8 Å². The van der Waals surface area contributed by atoms with E-state index in [1.807, 2.05) is 0 Å². The van der Waals surface area contributed by atoms with Gasteiger partial charge in [-0.2, -0.15) is 0 Å². The molecule has 1 aromatic heterocycles. The van der Waals surface area contributed by atoms with Crippen LogP contribution in [0.4, 0.5) is 0 Å². The zero-order chi connectivity index (χ0) is 8.10. The topological polar surface area (TPSA) is 75.7 Å². The molecule has 0 bridgehead atoms. The molecule has 0 aliphatic heterocycles. The second-order valence-corrected chi connectivity index (χ2v) is 2.79. The van der Waals surface area contributed by atoms with Gasteiger partial charge >= 0.3 is 0 Å². The molecule has 11 heavy (non-hydrogen) atoms. The van der Waals surface area contributed by atoms with Gasteiger partial charge < -0.3 is 5.73 Å². The van der Waals surface area contributed by atoms with E-state index >= 15 is 0 Å². The van der Waals surface area contributed by atoms with E-state index in [0.29, 0.717) is 10.9 Å². The Morgan fingerprint density at radius 3 is 2.73 bits per heavy atom. The van der Waals surface area contributed by atoms with E-state index in [4.69, 9.17) is 11.1 Å². The molecule has 0 aliphatic carbocycles. The van der Waals surface area contributed by atoms with Crippen LogP contribution in [-0.2, 0) is 0 Å². The van der Waals surface area contributed by atoms with Crippen molar-refractivity contribution in [3.8, 4) is 0 Å². The lowest BCUT2D eigenvalue weighted by Gasteiger charge is -1.95. The third-order valence-corrected chi connectivity index (χ3v) is 1.82. The molecule has 1 aromatic rings. The first-order chi connectivity index (χ1) is 5.29. The third-order valence-electron chi connectivity index (χ3n) is 0.899. The molecule has 0 saturated carbocycles. The Labute approximate surface area is 68.7 Å². The van der Waals surface area contributed by atoms with Crippen LogP contribution in [0.3, 0.4) is 0 Å². The van der Waals surface area contributed by atoms with Gasteiger partial charge in [-0.3, -0.25) is 5.41 Å². The van der Waals surface area contributed by atoms with Gasteiger partial charge in [-0.15, -0.1) is 0 Å². The Hall–Kier alpha value is -1.10. The van der Waals surface area contributed by atoms with Gasteiger partial charge in [0.05, 0.1) is 5.75 Å². The van der Waals surface area contributed by atoms with E-state index in [2.05, 4.69) is 9.97 Å². The molecule has 0 aliphatic rings. The first-order valence-electron chi connectivity index (χ1n) is 3.02. The number of aromatic nitrogens is 2. The van der Waals surface area contributed by atoms with Crippen molar-refractivity contribution in [2.45, 2.75) is 5.16 Å². The van der Waals surface area contributed by atoms with Crippen LogP contribution in [-0.4, -0.2) is 21.6 Å². The first-order valence-corrected chi connectivity index (χ1v) is 4.00. The molecule has 0 spiro atoms. The maximum Gasteiger partial charge on any atom is 0.187 e. The minimum atomic E-state index is 0.141. The quantitative estimate of drug-likeness (QED) is 0.298. The number of nitrogens with two attached hydrogens (primary N) is 1. The molecule has 1 heterocycles. The molecule has 58 valence electrons. The second kappa shape index (κ2) is 3.92. The highest BCUT2D eigenvalue weighted by atomic mass is 32.2. The summed E-state index contributed by atoms with van der Waals surface area (Å²) in [5.41, 5.74) is 5.15. The highest BCUT2D eigenvalue weighted by Gasteiger charge is 1.95. The van der Waals surface area contributed by atoms with E-state index in [9.17, 15) is 0 Å². The molecular formula is C6H8N4S. The predicted molar refractivity (Wildman–Crippen MR) is 44.7 cm³/mol. The third kappa shape index (κ3) is 2.99. The van der Waals surface area contributed by atoms with Gasteiger partial charge in [-0.25, -0.2) is 9.97 Å². The van der Waals surface area contributed by atoms with Crippen LogP contribution in [0.15, 0.2) is 23.6 Å². The molecule has 1 rings (SSSR count). The average molecular weight is 168 g/mol. The van der Waals surface area contributed by atoms with Gasteiger partial charge in [0.15, 0.2) is 5.16 Å². The number of amidine groups is 1. The van der Waals surface area contributed by atoms with Crippen LogP contribution in [0.2, 0.25) is 0 Å². The summed E-state index contributed by atoms with van der Waals surface area (Å²) in [5, 5.41) is 7.60. The van der Waals surface area contributed by atoms with Crippen LogP contribution in [0.5, 0.6) is 0 Å². The molecule has 0 amide bonds. The summed E-state index contributed by atoms with van der Waals surface area (Å²) in [6.07, 6.45) is 3.32. The number of nitrogens with zero attached hydrogens (tertiary/aromatic N) is 2. The average Bonchev–Trinajstić information content (AvgIpc) is 2.03. The predicted octanol–water partition coefficient (Wildman–Crippen LogP) is 0.505. The monoisotopic (exact) mass is 168 g/mol. The summed E-state index contributed by atoms with van der Waals surface area (Å²) in [6.45, 7) is 0. The minimum Gasteiger partial charge on any atom is -0.387 e. The first kappa shape index (κ1) is 8.00. The summed E-state index contributed by atoms with van der Waals surface area (Å²) in [6, 6.07) is 1.75. The van der Waals surface area contributed by atoms with Crippen molar-refractivity contribution in [2.24, 2.45) is 5.73 Å². The Morgan fingerprint density at radius 2 is 2.18 bits per heavy atom. The maximum absolute atomic E-state index is 6.95. The smallest absolute Gasteiger partial charge is 0.187 e. The van der Waals surface area contributed by atoms with E-state index in [0.717, 1.165) is 0 Å². The van der Waals surface area contributed by atoms with E-state index in [1.54, 1.807) is 18.5 Å². The van der Waals surface area contributed by atoms with Gasteiger partial charge in [0.2, 0.25) is 0 Å². The van der Waals surface area contributed by atoms with Crippen LogP contribution < -0.4 is 5.73 Å². The lowest BCUT2D eigenvalue weighted by atomic mass is 10.7. The number of rotatable bonds is 3. The zero-order valence-corrected chi connectivity index (χ0v) is 6.64. The van der Waals surface area contributed by atoms with Crippen molar-refractivity contribution in [3.63, 3.8) is 0 Å². The van der Waals surface area contributed by atoms with Gasteiger partial charge in [0, 0.05) is 12.4 Å². The Morgan fingerprint density at radius 1 is 1.55 bits per heavy atom. The highest BCUT2D eigenvalue weighted by molar-refractivity contribution is 7.99. The Bertz CT molecular complexity index is 236. The van der Waals surface area contributed by atoms with Crippen molar-refractivity contribution in [3.05, 3.63) is 18.5 Å². The van der Waals surface area contributed by atoms with Crippen LogP contribution >= 0.6 is 11.8 Å². The largest absolute Gasteiger partial charge is 0.387 e. The van der Waals surface area contributed by atoms with Gasteiger partial charge in [0.1, 0.15) is 5.84 Å². The molecule has 0 fully saturated rings. The summed E-state index contributed by atoms with van der Waals surface area (Å²) in [5.74, 6) is 0.590. The fraction of sp³-hybridized carbons (Fsp3) is 0.167. The molecule has 5 heteroatoms. The molecule has 0 atom stereocenters. The highest BCUT2D eigenvalue weighted by Crippen LogP contribution is 2.08. The van der Waals surface area contributed by atoms with Crippen molar-refractivity contribution in [1.82, 2.24) is 9.97 Å². The minimum absolute atomic E-state index is 0.141. The number of thioether (sulfide) groups is 1. The Balaban J connectivity index is 2.45. The SMILES string of the molecule is N=C(N)CSc1ncccn1. The number of hydrogen-bond acceptors (Lipinski definition) is 4. The standard InChI is InChI=1S/C6H8N4S/c7-5(8)4-11-6-9-2-1-3-10-6/h1-3H,4H2,(H3,7,8). The van der Waals surface area contributed by atoms with Crippen molar-refractivity contribution >= 4 is 17.6 Å². The van der Waals surface area contributed by atoms with Crippen molar-refractivity contribution in [2.75, 3.05) is 5.75 Å². The summed E-state index contributed by atoms with van der Waals surface area (Å²) >= 11 is 1.36. The molecule has 0 radical (unpaired) electrons. The summed E-state index contributed by atoms with van der Waals surface area (Å²) in [7, 11) is 0. The second-order valence-electron chi connectivity index (χ2n) is 1.85. The lowest BCUT2D eigenvalue weighted by Crippen LogP contribution is -2.12. The van der Waals surface area contributed by atoms with Gasteiger partial charge in [-0.1, -0.05) is 11.8 Å². The van der Waals surface area contributed by atoms with Crippen molar-refractivity contribution < 1.29 is 0 Å². The van der Waals surface area contributed by atoms with Crippen molar-refractivity contribution in [1.29, 1.82) is 5.41 Å². The molecular weight excluding hydrogens is 160 g/mol. The number of hydrogen-bond donors (Lipinski definition) is 2. The fourth-order valence-electron chi connectivity index (χ4n) is 0.502.